The Balaban J connectivity index is 1.88. The Kier molecular flexibility index (Phi) is 4.87. The second-order valence-corrected chi connectivity index (χ2v) is 6.11. The van der Waals surface area contributed by atoms with Crippen molar-refractivity contribution in [1.82, 2.24) is 15.8 Å². The van der Waals surface area contributed by atoms with Crippen molar-refractivity contribution in [3.63, 3.8) is 0 Å². The summed E-state index contributed by atoms with van der Waals surface area (Å²) in [5, 5.41) is 10.3. The van der Waals surface area contributed by atoms with Gasteiger partial charge < -0.3 is 15.2 Å². The van der Waals surface area contributed by atoms with Crippen molar-refractivity contribution in [2.45, 2.75) is 39.3 Å². The van der Waals surface area contributed by atoms with Crippen LogP contribution < -0.4 is 10.6 Å². The van der Waals surface area contributed by atoms with Gasteiger partial charge in [-0.05, 0) is 20.8 Å². The molecule has 2 rings (SSSR count). The van der Waals surface area contributed by atoms with Gasteiger partial charge in [-0.3, -0.25) is 4.79 Å². The van der Waals surface area contributed by atoms with Gasteiger partial charge in [0, 0.05) is 36.1 Å². The maximum absolute atomic E-state index is 12.0. The van der Waals surface area contributed by atoms with Gasteiger partial charge in [-0.25, -0.2) is 0 Å². The van der Waals surface area contributed by atoms with Gasteiger partial charge >= 0.3 is 0 Å². The number of carbonyl (C=O) groups excluding carboxylic acids is 1. The van der Waals surface area contributed by atoms with Crippen molar-refractivity contribution < 1.29 is 9.32 Å². The van der Waals surface area contributed by atoms with Gasteiger partial charge in [0.15, 0.2) is 0 Å². The molecule has 19 heavy (non-hydrogen) atoms. The van der Waals surface area contributed by atoms with Gasteiger partial charge in [0.2, 0.25) is 5.91 Å². The summed E-state index contributed by atoms with van der Waals surface area (Å²) in [7, 11) is 0. The third-order valence-electron chi connectivity index (χ3n) is 3.33. The van der Waals surface area contributed by atoms with Crippen LogP contribution in [0.2, 0.25) is 0 Å². The summed E-state index contributed by atoms with van der Waals surface area (Å²) in [5.41, 5.74) is 1.83. The van der Waals surface area contributed by atoms with Gasteiger partial charge in [0.25, 0.3) is 0 Å². The first-order valence-electron chi connectivity index (χ1n) is 6.61. The molecule has 0 bridgehead atoms. The van der Waals surface area contributed by atoms with Crippen LogP contribution in [0.4, 0.5) is 0 Å². The summed E-state index contributed by atoms with van der Waals surface area (Å²) in [4.78, 5) is 12.0. The van der Waals surface area contributed by atoms with E-state index in [4.69, 9.17) is 4.52 Å². The van der Waals surface area contributed by atoms with Crippen LogP contribution in [0.3, 0.4) is 0 Å². The number of nitrogens with one attached hydrogen (secondary N) is 2. The van der Waals surface area contributed by atoms with E-state index in [1.165, 1.54) is 0 Å². The Morgan fingerprint density at radius 1 is 1.63 bits per heavy atom. The second kappa shape index (κ2) is 6.43. The minimum Gasteiger partial charge on any atom is -0.361 e. The molecule has 2 heterocycles. The van der Waals surface area contributed by atoms with Crippen molar-refractivity contribution in [2.24, 2.45) is 0 Å². The van der Waals surface area contributed by atoms with Crippen LogP contribution in [-0.2, 0) is 4.79 Å². The summed E-state index contributed by atoms with van der Waals surface area (Å²) in [6.07, 6.45) is 0.528. The molecule has 1 aliphatic rings. The molecule has 5 nitrogen and oxygen atoms in total. The molecular weight excluding hydrogens is 262 g/mol. The third-order valence-corrected chi connectivity index (χ3v) is 4.46. The van der Waals surface area contributed by atoms with Crippen molar-refractivity contribution >= 4 is 17.7 Å². The van der Waals surface area contributed by atoms with Crippen LogP contribution >= 0.6 is 11.8 Å². The molecule has 0 saturated carbocycles. The summed E-state index contributed by atoms with van der Waals surface area (Å²) < 4.78 is 5.13. The molecule has 1 aromatic heterocycles. The van der Waals surface area contributed by atoms with Crippen LogP contribution in [0.15, 0.2) is 4.52 Å². The van der Waals surface area contributed by atoms with E-state index in [0.29, 0.717) is 6.42 Å². The summed E-state index contributed by atoms with van der Waals surface area (Å²) in [5.74, 6) is 2.99. The Morgan fingerprint density at radius 3 is 3.00 bits per heavy atom. The molecule has 2 unspecified atom stereocenters. The zero-order valence-electron chi connectivity index (χ0n) is 11.7. The van der Waals surface area contributed by atoms with Crippen molar-refractivity contribution in [3.05, 3.63) is 17.0 Å². The highest BCUT2D eigenvalue weighted by Crippen LogP contribution is 2.21. The van der Waals surface area contributed by atoms with Crippen LogP contribution in [0, 0.1) is 13.8 Å². The fraction of sp³-hybridized carbons (Fsp3) is 0.692. The van der Waals surface area contributed by atoms with E-state index >= 15 is 0 Å². The van der Waals surface area contributed by atoms with Crippen LogP contribution in [0.5, 0.6) is 0 Å². The molecule has 1 amide bonds. The number of hydrogen-bond acceptors (Lipinski definition) is 5. The molecule has 1 saturated heterocycles. The Labute approximate surface area is 117 Å². The van der Waals surface area contributed by atoms with Crippen LogP contribution in [-0.4, -0.2) is 35.2 Å². The van der Waals surface area contributed by atoms with Crippen molar-refractivity contribution in [2.75, 3.05) is 18.1 Å². The van der Waals surface area contributed by atoms with Crippen LogP contribution in [0.25, 0.3) is 0 Å². The minimum absolute atomic E-state index is 0.0602. The quantitative estimate of drug-likeness (QED) is 0.878. The van der Waals surface area contributed by atoms with Gasteiger partial charge in [-0.2, -0.15) is 11.8 Å². The Hall–Kier alpha value is -1.01. The van der Waals surface area contributed by atoms with E-state index in [0.717, 1.165) is 35.1 Å². The molecule has 6 heteroatoms. The zero-order chi connectivity index (χ0) is 13.8. The Bertz CT molecular complexity index is 422. The number of rotatable bonds is 4. The van der Waals surface area contributed by atoms with E-state index in [-0.39, 0.29) is 18.0 Å². The average molecular weight is 283 g/mol. The summed E-state index contributed by atoms with van der Waals surface area (Å²) in [6.45, 7) is 6.72. The molecule has 0 aliphatic carbocycles. The highest BCUT2D eigenvalue weighted by atomic mass is 32.2. The first-order valence-corrected chi connectivity index (χ1v) is 7.76. The first kappa shape index (κ1) is 14.4. The predicted molar refractivity (Wildman–Crippen MR) is 76.3 cm³/mol. The van der Waals surface area contributed by atoms with Gasteiger partial charge in [0.05, 0.1) is 11.7 Å². The summed E-state index contributed by atoms with van der Waals surface area (Å²) in [6, 6.07) is 0.227. The number of carbonyl (C=O) groups is 1. The normalized spacial score (nSPS) is 21.1. The molecule has 106 valence electrons. The van der Waals surface area contributed by atoms with Gasteiger partial charge in [-0.15, -0.1) is 0 Å². The van der Waals surface area contributed by atoms with E-state index in [1.807, 2.05) is 32.5 Å². The molecular formula is C13H21N3O2S. The number of aromatic nitrogens is 1. The van der Waals surface area contributed by atoms with E-state index in [2.05, 4.69) is 15.8 Å². The fourth-order valence-corrected chi connectivity index (χ4v) is 3.40. The van der Waals surface area contributed by atoms with E-state index in [1.54, 1.807) is 0 Å². The van der Waals surface area contributed by atoms with E-state index in [9.17, 15) is 4.79 Å². The lowest BCUT2D eigenvalue weighted by Crippen LogP contribution is -2.41. The summed E-state index contributed by atoms with van der Waals surface area (Å²) >= 11 is 1.90. The monoisotopic (exact) mass is 283 g/mol. The highest BCUT2D eigenvalue weighted by molar-refractivity contribution is 7.99. The number of amides is 1. The maximum Gasteiger partial charge on any atom is 0.222 e. The molecule has 1 aliphatic heterocycles. The van der Waals surface area contributed by atoms with E-state index < -0.39 is 0 Å². The molecule has 0 spiro atoms. The topological polar surface area (TPSA) is 67.2 Å². The molecule has 0 radical (unpaired) electrons. The zero-order valence-corrected chi connectivity index (χ0v) is 12.5. The Morgan fingerprint density at radius 2 is 2.42 bits per heavy atom. The maximum atomic E-state index is 12.0. The standard InChI is InChI=1S/C13H21N3O2S/c1-8(13-9(2)16-18-10(13)3)15-12(17)6-11-7-19-5-4-14-11/h8,11,14H,4-7H2,1-3H3,(H,15,17). The third kappa shape index (κ3) is 3.73. The number of aryl methyl sites for hydroxylation is 2. The predicted octanol–water partition coefficient (Wildman–Crippen LogP) is 1.56. The van der Waals surface area contributed by atoms with Crippen molar-refractivity contribution in [1.29, 1.82) is 0 Å². The molecule has 1 fully saturated rings. The molecule has 2 atom stereocenters. The number of hydrogen-bond donors (Lipinski definition) is 2. The average Bonchev–Trinajstić information content (AvgIpc) is 2.70. The van der Waals surface area contributed by atoms with Gasteiger partial charge in [-0.1, -0.05) is 5.16 Å². The molecule has 2 N–H and O–H groups in total. The van der Waals surface area contributed by atoms with Gasteiger partial charge in [0.1, 0.15) is 5.76 Å². The number of thioether (sulfide) groups is 1. The SMILES string of the molecule is Cc1noc(C)c1C(C)NC(=O)CC1CSCCN1. The minimum atomic E-state index is -0.0602. The smallest absolute Gasteiger partial charge is 0.222 e. The molecule has 1 aromatic rings. The highest BCUT2D eigenvalue weighted by Gasteiger charge is 2.21. The lowest BCUT2D eigenvalue weighted by Gasteiger charge is -2.23. The first-order chi connectivity index (χ1) is 9.08. The second-order valence-electron chi connectivity index (χ2n) is 4.96. The largest absolute Gasteiger partial charge is 0.361 e. The van der Waals surface area contributed by atoms with Crippen molar-refractivity contribution in [3.8, 4) is 0 Å². The number of nitrogens with zero attached hydrogens (tertiary/aromatic N) is 1. The lowest BCUT2D eigenvalue weighted by molar-refractivity contribution is -0.122. The molecule has 0 aromatic carbocycles. The lowest BCUT2D eigenvalue weighted by atomic mass is 10.1. The van der Waals surface area contributed by atoms with Crippen LogP contribution in [0.1, 0.15) is 36.4 Å². The fourth-order valence-electron chi connectivity index (χ4n) is 2.46.